The summed E-state index contributed by atoms with van der Waals surface area (Å²) in [5.74, 6) is 0.758. The summed E-state index contributed by atoms with van der Waals surface area (Å²) in [6.45, 7) is 5.81. The zero-order valence-corrected chi connectivity index (χ0v) is 22.7. The predicted molar refractivity (Wildman–Crippen MR) is 145 cm³/mol. The molecule has 0 fully saturated rings. The molecule has 0 heterocycles. The fraction of sp³-hybridized carbons (Fsp3) is 0.310. The molecular formula is C29H33BrN2O4. The molecule has 3 aromatic carbocycles. The predicted octanol–water partition coefficient (Wildman–Crippen LogP) is 5.39. The lowest BCUT2D eigenvalue weighted by atomic mass is 10.0. The molecule has 0 saturated carbocycles. The van der Waals surface area contributed by atoms with Crippen molar-refractivity contribution in [3.8, 4) is 11.5 Å². The van der Waals surface area contributed by atoms with Crippen LogP contribution in [0.2, 0.25) is 0 Å². The maximum Gasteiger partial charge on any atom is 0.261 e. The number of carbonyl (C=O) groups excluding carboxylic acids is 2. The summed E-state index contributed by atoms with van der Waals surface area (Å²) < 4.78 is 12.1. The van der Waals surface area contributed by atoms with E-state index in [4.69, 9.17) is 9.47 Å². The number of rotatable bonds is 10. The molecule has 0 aliphatic heterocycles. The summed E-state index contributed by atoms with van der Waals surface area (Å²) in [6.07, 6.45) is 0.372. The number of benzene rings is 3. The van der Waals surface area contributed by atoms with Crippen LogP contribution >= 0.6 is 15.9 Å². The topological polar surface area (TPSA) is 67.9 Å². The molecule has 3 rings (SSSR count). The van der Waals surface area contributed by atoms with E-state index in [2.05, 4.69) is 21.2 Å². The van der Waals surface area contributed by atoms with E-state index in [1.54, 1.807) is 24.1 Å². The number of hydrogen-bond donors (Lipinski definition) is 1. The Morgan fingerprint density at radius 2 is 1.58 bits per heavy atom. The van der Waals surface area contributed by atoms with Crippen LogP contribution in [0.3, 0.4) is 0 Å². The lowest BCUT2D eigenvalue weighted by Gasteiger charge is -2.33. The van der Waals surface area contributed by atoms with Crippen molar-refractivity contribution >= 4 is 27.7 Å². The molecule has 0 spiro atoms. The number of amides is 2. The first-order valence-electron chi connectivity index (χ1n) is 11.8. The third-order valence-electron chi connectivity index (χ3n) is 5.43. The van der Waals surface area contributed by atoms with E-state index >= 15 is 0 Å². The molecule has 0 saturated heterocycles. The van der Waals surface area contributed by atoms with Crippen LogP contribution in [0, 0.1) is 0 Å². The lowest BCUT2D eigenvalue weighted by Crippen LogP contribution is -2.55. The summed E-state index contributed by atoms with van der Waals surface area (Å²) >= 11 is 3.40. The molecule has 2 amide bonds. The van der Waals surface area contributed by atoms with Crippen LogP contribution in [0.5, 0.6) is 11.5 Å². The van der Waals surface area contributed by atoms with Crippen LogP contribution in [0.15, 0.2) is 83.3 Å². The molecule has 3 aromatic rings. The monoisotopic (exact) mass is 552 g/mol. The largest absolute Gasteiger partial charge is 0.497 e. The molecule has 36 heavy (non-hydrogen) atoms. The minimum Gasteiger partial charge on any atom is -0.497 e. The highest BCUT2D eigenvalue weighted by atomic mass is 79.9. The molecule has 1 unspecified atom stereocenters. The van der Waals surface area contributed by atoms with Crippen molar-refractivity contribution in [2.24, 2.45) is 0 Å². The molecule has 6 nitrogen and oxygen atoms in total. The maximum atomic E-state index is 13.6. The first kappa shape index (κ1) is 27.3. The lowest BCUT2D eigenvalue weighted by molar-refractivity contribution is -0.143. The van der Waals surface area contributed by atoms with Gasteiger partial charge in [0.05, 0.1) is 7.11 Å². The Labute approximate surface area is 221 Å². The molecule has 0 aliphatic rings. The van der Waals surface area contributed by atoms with E-state index in [1.807, 2.05) is 87.5 Å². The second-order valence-electron chi connectivity index (χ2n) is 9.56. The zero-order chi connectivity index (χ0) is 26.1. The van der Waals surface area contributed by atoms with Crippen molar-refractivity contribution in [3.63, 3.8) is 0 Å². The second kappa shape index (κ2) is 12.6. The van der Waals surface area contributed by atoms with Crippen LogP contribution in [0.25, 0.3) is 0 Å². The summed E-state index contributed by atoms with van der Waals surface area (Å²) in [4.78, 5) is 28.8. The Morgan fingerprint density at radius 3 is 2.22 bits per heavy atom. The average molecular weight is 553 g/mol. The van der Waals surface area contributed by atoms with Gasteiger partial charge in [-0.2, -0.15) is 0 Å². The molecule has 1 atom stereocenters. The van der Waals surface area contributed by atoms with Gasteiger partial charge < -0.3 is 19.7 Å². The van der Waals surface area contributed by atoms with Gasteiger partial charge >= 0.3 is 0 Å². The summed E-state index contributed by atoms with van der Waals surface area (Å²) in [5, 5.41) is 3.06. The molecule has 0 radical (unpaired) electrons. The maximum absolute atomic E-state index is 13.6. The van der Waals surface area contributed by atoms with E-state index in [0.29, 0.717) is 17.9 Å². The van der Waals surface area contributed by atoms with Gasteiger partial charge in [0, 0.05) is 23.0 Å². The molecule has 0 aliphatic carbocycles. The first-order chi connectivity index (χ1) is 17.1. The van der Waals surface area contributed by atoms with E-state index in [0.717, 1.165) is 15.6 Å². The van der Waals surface area contributed by atoms with Gasteiger partial charge in [-0.05, 0) is 68.3 Å². The minimum absolute atomic E-state index is 0.195. The van der Waals surface area contributed by atoms with E-state index in [9.17, 15) is 9.59 Å². The van der Waals surface area contributed by atoms with Crippen molar-refractivity contribution in [1.82, 2.24) is 10.2 Å². The highest BCUT2D eigenvalue weighted by Crippen LogP contribution is 2.20. The second-order valence-corrected chi connectivity index (χ2v) is 10.5. The van der Waals surface area contributed by atoms with Gasteiger partial charge in [-0.15, -0.1) is 0 Å². The Hall–Kier alpha value is -3.32. The van der Waals surface area contributed by atoms with Crippen molar-refractivity contribution in [3.05, 3.63) is 94.5 Å². The van der Waals surface area contributed by atoms with Crippen molar-refractivity contribution in [2.45, 2.75) is 45.3 Å². The fourth-order valence-electron chi connectivity index (χ4n) is 3.73. The van der Waals surface area contributed by atoms with Gasteiger partial charge in [-0.1, -0.05) is 58.4 Å². The van der Waals surface area contributed by atoms with Crippen LogP contribution in [-0.2, 0) is 22.6 Å². The Kier molecular flexibility index (Phi) is 9.53. The Balaban J connectivity index is 1.93. The third kappa shape index (κ3) is 8.41. The SMILES string of the molecule is COc1cccc(CN(C(=O)COc2ccc(Br)cc2)C(Cc2ccccc2)C(=O)NC(C)(C)C)c1. The molecule has 0 aromatic heterocycles. The third-order valence-corrected chi connectivity index (χ3v) is 5.96. The van der Waals surface area contributed by atoms with Crippen LogP contribution < -0.4 is 14.8 Å². The molecule has 1 N–H and O–H groups in total. The smallest absolute Gasteiger partial charge is 0.261 e. The normalized spacial score (nSPS) is 11.9. The highest BCUT2D eigenvalue weighted by Gasteiger charge is 2.32. The van der Waals surface area contributed by atoms with Crippen LogP contribution in [-0.4, -0.2) is 42.0 Å². The number of halogens is 1. The standard InChI is InChI=1S/C29H33BrN2O4/c1-29(2,3)31-28(34)26(18-21-9-6-5-7-10-21)32(19-22-11-8-12-25(17-22)35-4)27(33)20-36-24-15-13-23(30)14-16-24/h5-17,26H,18-20H2,1-4H3,(H,31,34). The minimum atomic E-state index is -0.737. The molecule has 7 heteroatoms. The van der Waals surface area contributed by atoms with Gasteiger partial charge in [0.25, 0.3) is 5.91 Å². The van der Waals surface area contributed by atoms with Gasteiger partial charge in [0.2, 0.25) is 5.91 Å². The first-order valence-corrected chi connectivity index (χ1v) is 12.6. The number of nitrogens with zero attached hydrogens (tertiary/aromatic N) is 1. The van der Waals surface area contributed by atoms with Crippen molar-refractivity contribution in [2.75, 3.05) is 13.7 Å². The Bertz CT molecular complexity index is 1140. The number of nitrogens with one attached hydrogen (secondary N) is 1. The van der Waals surface area contributed by atoms with E-state index in [1.165, 1.54) is 0 Å². The summed E-state index contributed by atoms with van der Waals surface area (Å²) in [5.41, 5.74) is 1.36. The van der Waals surface area contributed by atoms with Gasteiger partial charge in [-0.3, -0.25) is 9.59 Å². The molecule has 0 bridgehead atoms. The zero-order valence-electron chi connectivity index (χ0n) is 21.2. The summed E-state index contributed by atoms with van der Waals surface area (Å²) in [6, 6.07) is 23.8. The van der Waals surface area contributed by atoms with Crippen molar-refractivity contribution < 1.29 is 19.1 Å². The number of hydrogen-bond acceptors (Lipinski definition) is 4. The average Bonchev–Trinajstić information content (AvgIpc) is 2.85. The van der Waals surface area contributed by atoms with E-state index in [-0.39, 0.29) is 25.0 Å². The van der Waals surface area contributed by atoms with Gasteiger partial charge in [0.15, 0.2) is 6.61 Å². The molecule has 190 valence electrons. The summed E-state index contributed by atoms with van der Waals surface area (Å²) in [7, 11) is 1.60. The quantitative estimate of drug-likeness (QED) is 0.366. The number of ether oxygens (including phenoxy) is 2. The van der Waals surface area contributed by atoms with E-state index < -0.39 is 11.6 Å². The van der Waals surface area contributed by atoms with Crippen LogP contribution in [0.1, 0.15) is 31.9 Å². The Morgan fingerprint density at radius 1 is 0.917 bits per heavy atom. The van der Waals surface area contributed by atoms with Crippen LogP contribution in [0.4, 0.5) is 0 Å². The number of carbonyl (C=O) groups is 2. The van der Waals surface area contributed by atoms with Gasteiger partial charge in [0.1, 0.15) is 17.5 Å². The number of methoxy groups -OCH3 is 1. The van der Waals surface area contributed by atoms with Crippen molar-refractivity contribution in [1.29, 1.82) is 0 Å². The highest BCUT2D eigenvalue weighted by molar-refractivity contribution is 9.10. The fourth-order valence-corrected chi connectivity index (χ4v) is 4.00. The van der Waals surface area contributed by atoms with Gasteiger partial charge in [-0.25, -0.2) is 0 Å². The molecular weight excluding hydrogens is 520 g/mol.